The fourth-order valence-electron chi connectivity index (χ4n) is 4.15. The van der Waals surface area contributed by atoms with Gasteiger partial charge in [0.05, 0.1) is 0 Å². The molecule has 1 N–H and O–H groups in total. The molecule has 2 fully saturated rings. The van der Waals surface area contributed by atoms with Gasteiger partial charge in [0, 0.05) is 35.6 Å². The van der Waals surface area contributed by atoms with Gasteiger partial charge in [-0.1, -0.05) is 69.1 Å². The molecule has 2 aromatic rings. The minimum atomic E-state index is 0.0332. The molecule has 0 atom stereocenters. The van der Waals surface area contributed by atoms with E-state index in [1.807, 2.05) is 0 Å². The quantitative estimate of drug-likeness (QED) is 0.685. The van der Waals surface area contributed by atoms with E-state index < -0.39 is 0 Å². The molecule has 1 aliphatic heterocycles. The zero-order valence-corrected chi connectivity index (χ0v) is 17.1. The zero-order valence-electron chi connectivity index (χ0n) is 17.1. The Labute approximate surface area is 169 Å². The maximum atomic E-state index is 4.26. The van der Waals surface area contributed by atoms with Gasteiger partial charge < -0.3 is 10.2 Å². The molecule has 0 aromatic heterocycles. The Kier molecular flexibility index (Phi) is 4.66. The number of nitrogens with zero attached hydrogens (tertiary/aromatic N) is 1. The molecule has 1 saturated heterocycles. The maximum absolute atomic E-state index is 4.26. The van der Waals surface area contributed by atoms with Crippen molar-refractivity contribution in [3.05, 3.63) is 90.8 Å². The zero-order chi connectivity index (χ0) is 19.9. The smallest absolute Gasteiger partial charge is 0.0343 e. The largest absolute Gasteiger partial charge is 0.382 e. The molecule has 144 valence electrons. The molecule has 2 aromatic carbocycles. The van der Waals surface area contributed by atoms with Gasteiger partial charge in [0.25, 0.3) is 0 Å². The summed E-state index contributed by atoms with van der Waals surface area (Å²) in [7, 11) is 2.06. The van der Waals surface area contributed by atoms with E-state index in [-0.39, 0.29) is 5.41 Å². The van der Waals surface area contributed by atoms with Crippen LogP contribution >= 0.6 is 0 Å². The molecule has 0 amide bonds. The third kappa shape index (κ3) is 3.64. The first-order chi connectivity index (χ1) is 13.4. The summed E-state index contributed by atoms with van der Waals surface area (Å²) in [5, 5.41) is 3.51. The highest BCUT2D eigenvalue weighted by molar-refractivity contribution is 5.71. The van der Waals surface area contributed by atoms with Crippen LogP contribution in [0.25, 0.3) is 16.8 Å². The SMILES string of the molecule is C=C(NC1CC1)c1cccc(-c2cccc(C3(C)CC(=C)N(C)C(=C)C3)c2)c1. The van der Waals surface area contributed by atoms with Gasteiger partial charge in [-0.15, -0.1) is 0 Å². The third-order valence-electron chi connectivity index (χ3n) is 6.20. The molecule has 2 heteroatoms. The van der Waals surface area contributed by atoms with E-state index in [9.17, 15) is 0 Å². The molecule has 0 radical (unpaired) electrons. The minimum Gasteiger partial charge on any atom is -0.382 e. The molecule has 4 rings (SSSR count). The maximum Gasteiger partial charge on any atom is 0.0343 e. The number of likely N-dealkylation sites (tertiary alicyclic amines) is 1. The fourth-order valence-corrected chi connectivity index (χ4v) is 4.15. The number of nitrogens with one attached hydrogen (secondary N) is 1. The van der Waals surface area contributed by atoms with Crippen LogP contribution in [-0.2, 0) is 5.41 Å². The summed E-state index contributed by atoms with van der Waals surface area (Å²) in [6, 6.07) is 18.2. The van der Waals surface area contributed by atoms with Crippen molar-refractivity contribution in [1.82, 2.24) is 10.2 Å². The predicted octanol–water partition coefficient (Wildman–Crippen LogP) is 6.09. The number of piperidine rings is 1. The van der Waals surface area contributed by atoms with Gasteiger partial charge in [0.2, 0.25) is 0 Å². The molecule has 2 aliphatic rings. The van der Waals surface area contributed by atoms with Crippen LogP contribution in [0.15, 0.2) is 79.7 Å². The number of allylic oxidation sites excluding steroid dienone is 2. The summed E-state index contributed by atoms with van der Waals surface area (Å²) in [5.74, 6) is 0. The first-order valence-corrected chi connectivity index (χ1v) is 10.1. The summed E-state index contributed by atoms with van der Waals surface area (Å²) in [6.07, 6.45) is 4.42. The number of hydrogen-bond acceptors (Lipinski definition) is 2. The highest BCUT2D eigenvalue weighted by Gasteiger charge is 2.34. The highest BCUT2D eigenvalue weighted by atomic mass is 15.1. The van der Waals surface area contributed by atoms with Gasteiger partial charge in [-0.3, -0.25) is 0 Å². The Bertz CT molecular complexity index is 930. The second kappa shape index (κ2) is 7.01. The molecule has 0 spiro atoms. The molecular weight excluding hydrogens is 340 g/mol. The molecule has 1 heterocycles. The van der Waals surface area contributed by atoms with E-state index in [4.69, 9.17) is 0 Å². The first-order valence-electron chi connectivity index (χ1n) is 10.1. The average Bonchev–Trinajstić information content (AvgIpc) is 3.50. The van der Waals surface area contributed by atoms with Crippen LogP contribution in [0.3, 0.4) is 0 Å². The minimum absolute atomic E-state index is 0.0332. The average molecular weight is 371 g/mol. The Balaban J connectivity index is 1.63. The van der Waals surface area contributed by atoms with E-state index in [1.54, 1.807) is 0 Å². The fraction of sp³-hybridized carbons (Fsp3) is 0.308. The molecule has 2 nitrogen and oxygen atoms in total. The van der Waals surface area contributed by atoms with Crippen molar-refractivity contribution in [1.29, 1.82) is 0 Å². The third-order valence-corrected chi connectivity index (χ3v) is 6.20. The highest BCUT2D eigenvalue weighted by Crippen LogP contribution is 2.43. The lowest BCUT2D eigenvalue weighted by molar-refractivity contribution is 0.315. The molecule has 1 saturated carbocycles. The Morgan fingerprint density at radius 2 is 1.61 bits per heavy atom. The lowest BCUT2D eigenvalue weighted by Crippen LogP contribution is -2.35. The van der Waals surface area contributed by atoms with Crippen LogP contribution < -0.4 is 5.32 Å². The summed E-state index contributed by atoms with van der Waals surface area (Å²) < 4.78 is 0. The molecular formula is C26H30N2. The van der Waals surface area contributed by atoms with Crippen molar-refractivity contribution in [3.63, 3.8) is 0 Å². The predicted molar refractivity (Wildman–Crippen MR) is 120 cm³/mol. The van der Waals surface area contributed by atoms with Crippen LogP contribution in [0.4, 0.5) is 0 Å². The topological polar surface area (TPSA) is 15.3 Å². The van der Waals surface area contributed by atoms with Crippen LogP contribution in [0.5, 0.6) is 0 Å². The number of hydrogen-bond donors (Lipinski definition) is 1. The van der Waals surface area contributed by atoms with E-state index in [0.717, 1.165) is 29.9 Å². The second-order valence-electron chi connectivity index (χ2n) is 8.66. The van der Waals surface area contributed by atoms with Crippen molar-refractivity contribution < 1.29 is 0 Å². The van der Waals surface area contributed by atoms with Crippen LogP contribution in [0.2, 0.25) is 0 Å². The van der Waals surface area contributed by atoms with Crippen molar-refractivity contribution >= 4 is 5.70 Å². The van der Waals surface area contributed by atoms with E-state index >= 15 is 0 Å². The Morgan fingerprint density at radius 3 is 2.25 bits per heavy atom. The lowest BCUT2D eigenvalue weighted by Gasteiger charge is -2.42. The monoisotopic (exact) mass is 370 g/mol. The van der Waals surface area contributed by atoms with Crippen molar-refractivity contribution in [2.24, 2.45) is 0 Å². The van der Waals surface area contributed by atoms with Gasteiger partial charge in [-0.05, 0) is 54.0 Å². The molecule has 0 bridgehead atoms. The van der Waals surface area contributed by atoms with E-state index in [0.29, 0.717) is 6.04 Å². The standard InChI is InChI=1S/C26H30N2/c1-18-16-26(4,17-19(2)28(18)5)24-11-7-10-23(15-24)22-9-6-8-21(14-22)20(3)27-25-12-13-25/h6-11,14-15,25,27H,1-3,12-13,16-17H2,4-5H3. The summed E-state index contributed by atoms with van der Waals surface area (Å²) in [5.41, 5.74) is 8.31. The lowest BCUT2D eigenvalue weighted by atomic mass is 9.72. The summed E-state index contributed by atoms with van der Waals surface area (Å²) >= 11 is 0. The number of benzene rings is 2. The van der Waals surface area contributed by atoms with E-state index in [2.05, 4.69) is 92.5 Å². The Hall–Kier alpha value is -2.74. The van der Waals surface area contributed by atoms with Crippen LogP contribution in [0, 0.1) is 0 Å². The van der Waals surface area contributed by atoms with Crippen molar-refractivity contribution in [2.75, 3.05) is 7.05 Å². The van der Waals surface area contributed by atoms with E-state index in [1.165, 1.54) is 35.1 Å². The van der Waals surface area contributed by atoms with Gasteiger partial charge >= 0.3 is 0 Å². The van der Waals surface area contributed by atoms with Gasteiger partial charge in [0.15, 0.2) is 0 Å². The van der Waals surface area contributed by atoms with Gasteiger partial charge in [0.1, 0.15) is 0 Å². The normalized spacial score (nSPS) is 18.9. The van der Waals surface area contributed by atoms with Crippen molar-refractivity contribution in [3.8, 4) is 11.1 Å². The second-order valence-corrected chi connectivity index (χ2v) is 8.66. The molecule has 0 unspecified atom stereocenters. The van der Waals surface area contributed by atoms with Crippen LogP contribution in [0.1, 0.15) is 43.7 Å². The Morgan fingerprint density at radius 1 is 1.00 bits per heavy atom. The number of rotatable bonds is 5. The van der Waals surface area contributed by atoms with Crippen LogP contribution in [-0.4, -0.2) is 18.0 Å². The summed E-state index contributed by atoms with van der Waals surface area (Å²) in [6.45, 7) is 15.1. The van der Waals surface area contributed by atoms with Gasteiger partial charge in [-0.25, -0.2) is 0 Å². The first kappa shape index (κ1) is 18.6. The van der Waals surface area contributed by atoms with Gasteiger partial charge in [-0.2, -0.15) is 0 Å². The molecule has 28 heavy (non-hydrogen) atoms. The molecule has 1 aliphatic carbocycles. The van der Waals surface area contributed by atoms with Crippen molar-refractivity contribution in [2.45, 2.75) is 44.1 Å². The summed E-state index contributed by atoms with van der Waals surface area (Å²) in [4.78, 5) is 2.13.